The van der Waals surface area contributed by atoms with Crippen molar-refractivity contribution < 1.29 is 0 Å². The van der Waals surface area contributed by atoms with Crippen LogP contribution in [0.3, 0.4) is 0 Å². The van der Waals surface area contributed by atoms with Crippen LogP contribution >= 0.6 is 0 Å². The molecular formula is C35H23N3. The Morgan fingerprint density at radius 1 is 0.395 bits per heavy atom. The van der Waals surface area contributed by atoms with Gasteiger partial charge in [-0.2, -0.15) is 0 Å². The predicted octanol–water partition coefficient (Wildman–Crippen LogP) is 8.94. The monoisotopic (exact) mass is 485 g/mol. The van der Waals surface area contributed by atoms with Crippen molar-refractivity contribution in [3.05, 3.63) is 140 Å². The Labute approximate surface area is 219 Å². The average molecular weight is 486 g/mol. The van der Waals surface area contributed by atoms with E-state index in [1.165, 1.54) is 55.0 Å². The van der Waals surface area contributed by atoms with E-state index < -0.39 is 0 Å². The summed E-state index contributed by atoms with van der Waals surface area (Å²) >= 11 is 0. The van der Waals surface area contributed by atoms with Gasteiger partial charge < -0.3 is 9.13 Å². The minimum Gasteiger partial charge on any atom is -0.309 e. The molecule has 8 aromatic rings. The van der Waals surface area contributed by atoms with Crippen molar-refractivity contribution in [1.82, 2.24) is 14.1 Å². The molecule has 3 nitrogen and oxygen atoms in total. The summed E-state index contributed by atoms with van der Waals surface area (Å²) in [5.74, 6) is 0. The Kier molecular flexibility index (Phi) is 4.52. The van der Waals surface area contributed by atoms with E-state index in [1.54, 1.807) is 0 Å². The molecule has 0 atom stereocenters. The number of para-hydroxylation sites is 3. The first-order chi connectivity index (χ1) is 18.9. The van der Waals surface area contributed by atoms with Crippen LogP contribution in [0, 0.1) is 0 Å². The molecule has 178 valence electrons. The fourth-order valence-corrected chi connectivity index (χ4v) is 5.91. The highest BCUT2D eigenvalue weighted by Crippen LogP contribution is 2.37. The summed E-state index contributed by atoms with van der Waals surface area (Å²) in [6, 6.07) is 45.6. The lowest BCUT2D eigenvalue weighted by atomic mass is 10.0. The molecule has 0 aliphatic heterocycles. The molecular weight excluding hydrogens is 462 g/mol. The molecule has 3 heteroatoms. The van der Waals surface area contributed by atoms with Crippen molar-refractivity contribution in [2.75, 3.05) is 0 Å². The summed E-state index contributed by atoms with van der Waals surface area (Å²) in [6.07, 6.45) is 3.86. The first-order valence-corrected chi connectivity index (χ1v) is 12.9. The van der Waals surface area contributed by atoms with Crippen LogP contribution in [0.15, 0.2) is 140 Å². The summed E-state index contributed by atoms with van der Waals surface area (Å²) in [7, 11) is 0. The average Bonchev–Trinajstić information content (AvgIpc) is 3.50. The van der Waals surface area contributed by atoms with Crippen LogP contribution in [-0.2, 0) is 0 Å². The smallest absolute Gasteiger partial charge is 0.0571 e. The molecule has 0 radical (unpaired) electrons. The number of nitrogens with zero attached hydrogens (tertiary/aromatic N) is 3. The molecule has 0 spiro atoms. The van der Waals surface area contributed by atoms with E-state index in [1.807, 2.05) is 12.4 Å². The van der Waals surface area contributed by atoms with Gasteiger partial charge in [-0.1, -0.05) is 66.7 Å². The van der Waals surface area contributed by atoms with E-state index in [9.17, 15) is 0 Å². The van der Waals surface area contributed by atoms with Crippen LogP contribution in [0.5, 0.6) is 0 Å². The first kappa shape index (κ1) is 21.0. The zero-order valence-electron chi connectivity index (χ0n) is 20.6. The van der Waals surface area contributed by atoms with E-state index in [0.717, 1.165) is 11.1 Å². The number of rotatable bonds is 3. The minimum atomic E-state index is 1.15. The second kappa shape index (κ2) is 8.19. The maximum Gasteiger partial charge on any atom is 0.0571 e. The molecule has 0 bridgehead atoms. The molecule has 38 heavy (non-hydrogen) atoms. The molecule has 0 saturated carbocycles. The standard InChI is InChI=1S/C35H23N3/c1-3-9-26(10-4-1)37-32-14-8-7-13-28(32)29-21-24(15-17-33(29)37)25-16-18-34-30(22-25)31-23-36-20-19-35(31)38(34)27-11-5-2-6-12-27/h1-23H. The highest BCUT2D eigenvalue weighted by molar-refractivity contribution is 6.12. The SMILES string of the molecule is c1ccc(-n2c3ccccc3c3cc(-c4ccc5c(c4)c4cnccc4n5-c4ccccc4)ccc32)cc1. The van der Waals surface area contributed by atoms with Crippen molar-refractivity contribution in [1.29, 1.82) is 0 Å². The normalized spacial score (nSPS) is 11.7. The number of hydrogen-bond donors (Lipinski definition) is 0. The van der Waals surface area contributed by atoms with Gasteiger partial charge in [0.15, 0.2) is 0 Å². The lowest BCUT2D eigenvalue weighted by molar-refractivity contribution is 1.17. The molecule has 0 saturated heterocycles. The van der Waals surface area contributed by atoms with Gasteiger partial charge in [-0.05, 0) is 71.8 Å². The predicted molar refractivity (Wildman–Crippen MR) is 158 cm³/mol. The van der Waals surface area contributed by atoms with E-state index in [0.29, 0.717) is 0 Å². The third-order valence-electron chi connectivity index (χ3n) is 7.60. The highest BCUT2D eigenvalue weighted by Gasteiger charge is 2.15. The van der Waals surface area contributed by atoms with E-state index >= 15 is 0 Å². The molecule has 8 rings (SSSR count). The molecule has 0 N–H and O–H groups in total. The summed E-state index contributed by atoms with van der Waals surface area (Å²) in [4.78, 5) is 4.46. The zero-order valence-corrected chi connectivity index (χ0v) is 20.6. The fourth-order valence-electron chi connectivity index (χ4n) is 5.91. The Hall–Kier alpha value is -5.15. The van der Waals surface area contributed by atoms with Gasteiger partial charge in [0.2, 0.25) is 0 Å². The van der Waals surface area contributed by atoms with Crippen molar-refractivity contribution in [3.8, 4) is 22.5 Å². The fraction of sp³-hybridized carbons (Fsp3) is 0. The largest absolute Gasteiger partial charge is 0.309 e. The summed E-state index contributed by atoms with van der Waals surface area (Å²) in [5, 5.41) is 4.89. The summed E-state index contributed by atoms with van der Waals surface area (Å²) in [5.41, 5.74) is 9.53. The molecule has 0 fully saturated rings. The lowest BCUT2D eigenvalue weighted by Crippen LogP contribution is -1.93. The van der Waals surface area contributed by atoms with Crippen LogP contribution in [0.2, 0.25) is 0 Å². The summed E-state index contributed by atoms with van der Waals surface area (Å²) in [6.45, 7) is 0. The van der Waals surface area contributed by atoms with Gasteiger partial charge >= 0.3 is 0 Å². The number of aromatic nitrogens is 3. The van der Waals surface area contributed by atoms with Crippen molar-refractivity contribution >= 4 is 43.6 Å². The maximum atomic E-state index is 4.46. The number of benzene rings is 5. The molecule has 0 amide bonds. The Balaban J connectivity index is 1.36. The maximum absolute atomic E-state index is 4.46. The van der Waals surface area contributed by atoms with Gasteiger partial charge in [0.25, 0.3) is 0 Å². The minimum absolute atomic E-state index is 1.15. The molecule has 3 aromatic heterocycles. The second-order valence-corrected chi connectivity index (χ2v) is 9.72. The zero-order chi connectivity index (χ0) is 25.1. The van der Waals surface area contributed by atoms with Gasteiger partial charge in [-0.3, -0.25) is 4.98 Å². The van der Waals surface area contributed by atoms with Crippen LogP contribution in [-0.4, -0.2) is 14.1 Å². The molecule has 3 heterocycles. The third-order valence-corrected chi connectivity index (χ3v) is 7.60. The molecule has 0 unspecified atom stereocenters. The lowest BCUT2D eigenvalue weighted by Gasteiger charge is -2.09. The molecule has 5 aromatic carbocycles. The third kappa shape index (κ3) is 3.06. The van der Waals surface area contributed by atoms with Gasteiger partial charge in [0.1, 0.15) is 0 Å². The van der Waals surface area contributed by atoms with Gasteiger partial charge in [0.05, 0.1) is 22.1 Å². The van der Waals surface area contributed by atoms with Crippen molar-refractivity contribution in [2.45, 2.75) is 0 Å². The van der Waals surface area contributed by atoms with Crippen LogP contribution < -0.4 is 0 Å². The number of pyridine rings is 1. The summed E-state index contributed by atoms with van der Waals surface area (Å²) < 4.78 is 4.68. The van der Waals surface area contributed by atoms with E-state index in [4.69, 9.17) is 0 Å². The first-order valence-electron chi connectivity index (χ1n) is 12.9. The van der Waals surface area contributed by atoms with Crippen LogP contribution in [0.25, 0.3) is 66.1 Å². The second-order valence-electron chi connectivity index (χ2n) is 9.72. The molecule has 0 aliphatic carbocycles. The van der Waals surface area contributed by atoms with Gasteiger partial charge in [-0.25, -0.2) is 0 Å². The Bertz CT molecular complexity index is 1960. The van der Waals surface area contributed by atoms with Crippen LogP contribution in [0.4, 0.5) is 0 Å². The molecule has 0 aliphatic rings. The van der Waals surface area contributed by atoms with Gasteiger partial charge in [-0.15, -0.1) is 0 Å². The Morgan fingerprint density at radius 3 is 1.53 bits per heavy atom. The Morgan fingerprint density at radius 2 is 0.895 bits per heavy atom. The van der Waals surface area contributed by atoms with Crippen molar-refractivity contribution in [3.63, 3.8) is 0 Å². The van der Waals surface area contributed by atoms with Gasteiger partial charge in [0, 0.05) is 45.3 Å². The number of hydrogen-bond acceptors (Lipinski definition) is 1. The topological polar surface area (TPSA) is 22.8 Å². The highest BCUT2D eigenvalue weighted by atomic mass is 15.0. The quantitative estimate of drug-likeness (QED) is 0.245. The number of fused-ring (bicyclic) bond motifs is 6. The van der Waals surface area contributed by atoms with Crippen LogP contribution in [0.1, 0.15) is 0 Å². The van der Waals surface area contributed by atoms with Crippen molar-refractivity contribution in [2.24, 2.45) is 0 Å². The van der Waals surface area contributed by atoms with E-state index in [2.05, 4.69) is 142 Å². The van der Waals surface area contributed by atoms with E-state index in [-0.39, 0.29) is 0 Å².